The van der Waals surface area contributed by atoms with E-state index in [1.165, 1.54) is 22.2 Å². The van der Waals surface area contributed by atoms with Crippen LogP contribution in [0.4, 0.5) is 22.0 Å². The Morgan fingerprint density at radius 2 is 1.78 bits per heavy atom. The number of alkyl halides is 5. The number of aromatic nitrogens is 1. The third-order valence-corrected chi connectivity index (χ3v) is 12.7. The Balaban J connectivity index is 1.43. The molecular weight excluding hydrogens is 786 g/mol. The van der Waals surface area contributed by atoms with Crippen LogP contribution < -0.4 is 9.47 Å². The highest BCUT2D eigenvalue weighted by Gasteiger charge is 2.55. The molecule has 1 saturated heterocycles. The molecule has 1 unspecified atom stereocenters. The second kappa shape index (κ2) is 18.3. The Bertz CT molecular complexity index is 1910. The van der Waals surface area contributed by atoms with Crippen LogP contribution in [0.5, 0.6) is 11.5 Å². The predicted molar refractivity (Wildman–Crippen MR) is 207 cm³/mol. The normalized spacial score (nSPS) is 20.8. The Morgan fingerprint density at radius 1 is 1.07 bits per heavy atom. The van der Waals surface area contributed by atoms with Crippen molar-refractivity contribution in [1.29, 1.82) is 0 Å². The number of likely N-dealkylation sites (N-methyl/N-ethyl adjacent to an activating group) is 1. The summed E-state index contributed by atoms with van der Waals surface area (Å²) < 4.78 is 82.5. The van der Waals surface area contributed by atoms with Crippen LogP contribution >= 0.6 is 11.3 Å². The third kappa shape index (κ3) is 9.43. The van der Waals surface area contributed by atoms with Crippen molar-refractivity contribution in [2.75, 3.05) is 20.1 Å². The number of pyridine rings is 1. The van der Waals surface area contributed by atoms with Crippen LogP contribution in [0.3, 0.4) is 0 Å². The number of thiophene rings is 1. The number of aliphatic carboxylic acids is 1. The van der Waals surface area contributed by atoms with Gasteiger partial charge in [-0.25, -0.2) is 8.78 Å². The third-order valence-electron chi connectivity index (χ3n) is 11.8. The van der Waals surface area contributed by atoms with Gasteiger partial charge < -0.3 is 29.5 Å². The molecule has 2 aliphatic rings. The fraction of sp³-hybridized carbons (Fsp3) is 0.571. The van der Waals surface area contributed by atoms with Gasteiger partial charge in [0.25, 0.3) is 18.2 Å². The van der Waals surface area contributed by atoms with Crippen LogP contribution in [-0.2, 0) is 21.4 Å². The molecule has 2 amide bonds. The number of ether oxygens (including phenoxy) is 2. The topological polar surface area (TPSA) is 130 Å². The molecule has 2 N–H and O–H groups in total. The standard InChI is InChI=1S/C42H52F5N3O7S/c1-5-12-33-41(57-28-25-32(35(43)44)58-26-28,19-11-23-50(33)36(51)34-30(42(45,46)47)14-9-22-48-34)37(52)49(4)24-21-40(55,6-2)29-13-7-8-15-31(29)56-27(3)16-20-39(38(53)54)17-10-18-39/h7-9,13-15,22,25-27,33,35,55H,5-6,10-12,16-21,23-24H2,1-4H3,(H,53,54)/t27-,33+,40?,41-/m0/s1. The first-order valence-electron chi connectivity index (χ1n) is 19.8. The molecule has 1 aliphatic carbocycles. The first-order chi connectivity index (χ1) is 27.4. The van der Waals surface area contributed by atoms with E-state index in [4.69, 9.17) is 9.47 Å². The van der Waals surface area contributed by atoms with Gasteiger partial charge in [-0.2, -0.15) is 13.2 Å². The van der Waals surface area contributed by atoms with Crippen molar-refractivity contribution in [3.63, 3.8) is 0 Å². The minimum Gasteiger partial charge on any atom is -0.490 e. The van der Waals surface area contributed by atoms with E-state index in [2.05, 4.69) is 4.98 Å². The molecule has 1 saturated carbocycles. The van der Waals surface area contributed by atoms with Gasteiger partial charge in [0.05, 0.1) is 33.6 Å². The minimum absolute atomic E-state index is 0.00647. The molecule has 1 aliphatic heterocycles. The zero-order chi connectivity index (χ0) is 42.5. The molecule has 10 nitrogen and oxygen atoms in total. The van der Waals surface area contributed by atoms with Crippen molar-refractivity contribution >= 4 is 29.1 Å². The largest absolute Gasteiger partial charge is 0.490 e. The van der Waals surface area contributed by atoms with Crippen molar-refractivity contribution in [1.82, 2.24) is 14.8 Å². The zero-order valence-electron chi connectivity index (χ0n) is 33.2. The maximum atomic E-state index is 14.9. The second-order valence-corrected chi connectivity index (χ2v) is 16.5. The number of rotatable bonds is 18. The maximum absolute atomic E-state index is 14.9. The number of carboxylic acids is 1. The summed E-state index contributed by atoms with van der Waals surface area (Å²) in [5, 5.41) is 23.3. The summed E-state index contributed by atoms with van der Waals surface area (Å²) in [6, 6.07) is 8.82. The number of hydrogen-bond donors (Lipinski definition) is 2. The number of halogens is 5. The van der Waals surface area contributed by atoms with E-state index >= 15 is 0 Å². The number of likely N-dealkylation sites (tertiary alicyclic amines) is 1. The number of amides is 2. The molecule has 5 rings (SSSR count). The van der Waals surface area contributed by atoms with E-state index < -0.39 is 64.3 Å². The summed E-state index contributed by atoms with van der Waals surface area (Å²) in [5.74, 6) is -2.10. The Labute approximate surface area is 339 Å². The van der Waals surface area contributed by atoms with E-state index in [1.54, 1.807) is 38.1 Å². The fourth-order valence-corrected chi connectivity index (χ4v) is 8.88. The number of piperidine rings is 1. The first kappa shape index (κ1) is 44.8. The molecule has 2 fully saturated rings. The van der Waals surface area contributed by atoms with Crippen molar-refractivity contribution in [3.05, 3.63) is 75.7 Å². The maximum Gasteiger partial charge on any atom is 0.418 e. The van der Waals surface area contributed by atoms with Crippen LogP contribution in [0.2, 0.25) is 0 Å². The summed E-state index contributed by atoms with van der Waals surface area (Å²) in [6.07, 6.45) is -3.01. The van der Waals surface area contributed by atoms with Crippen LogP contribution in [0.15, 0.2) is 54.0 Å². The highest BCUT2D eigenvalue weighted by molar-refractivity contribution is 7.10. The second-order valence-electron chi connectivity index (χ2n) is 15.5. The van der Waals surface area contributed by atoms with Crippen molar-refractivity contribution in [3.8, 4) is 11.5 Å². The van der Waals surface area contributed by atoms with Crippen molar-refractivity contribution < 1.29 is 56.0 Å². The van der Waals surface area contributed by atoms with Gasteiger partial charge in [0.1, 0.15) is 17.2 Å². The Kier molecular flexibility index (Phi) is 14.1. The number of para-hydroxylation sites is 1. The zero-order valence-corrected chi connectivity index (χ0v) is 34.0. The van der Waals surface area contributed by atoms with Gasteiger partial charge in [-0.1, -0.05) is 44.9 Å². The molecule has 0 bridgehead atoms. The number of aliphatic hydroxyl groups is 1. The molecular formula is C42H52F5N3O7S. The monoisotopic (exact) mass is 837 g/mol. The van der Waals surface area contributed by atoms with E-state index in [0.29, 0.717) is 43.4 Å². The quantitative estimate of drug-likeness (QED) is 0.121. The molecule has 2 aromatic heterocycles. The fourth-order valence-electron chi connectivity index (χ4n) is 8.22. The summed E-state index contributed by atoms with van der Waals surface area (Å²) >= 11 is 0.731. The van der Waals surface area contributed by atoms with E-state index in [1.807, 2.05) is 6.92 Å². The molecule has 58 heavy (non-hydrogen) atoms. The average Bonchev–Trinajstić information content (AvgIpc) is 3.65. The molecule has 3 aromatic rings. The smallest absolute Gasteiger partial charge is 0.418 e. The highest BCUT2D eigenvalue weighted by Crippen LogP contribution is 2.46. The highest BCUT2D eigenvalue weighted by atomic mass is 32.1. The molecule has 318 valence electrons. The van der Waals surface area contributed by atoms with Gasteiger partial charge in [-0.15, -0.1) is 11.3 Å². The SMILES string of the molecule is CCC[C@H]1N(C(=O)c2ncccc2C(F)(F)F)CCC[C@@]1(Oc1csc(C(F)F)c1)C(=O)N(C)CCC(O)(CC)c1ccccc1O[C@@H](C)CCC1(C(=O)O)CCC1. The first-order valence-corrected chi connectivity index (χ1v) is 20.7. The van der Waals surface area contributed by atoms with Crippen LogP contribution in [0.25, 0.3) is 0 Å². The van der Waals surface area contributed by atoms with Crippen LogP contribution in [0, 0.1) is 5.41 Å². The van der Waals surface area contributed by atoms with Gasteiger partial charge in [0, 0.05) is 43.7 Å². The summed E-state index contributed by atoms with van der Waals surface area (Å²) in [5.41, 5.74) is -5.73. The lowest BCUT2D eigenvalue weighted by atomic mass is 9.66. The number of carboxylic acid groups (broad SMARTS) is 1. The van der Waals surface area contributed by atoms with Gasteiger partial charge in [0.15, 0.2) is 0 Å². The molecule has 3 heterocycles. The van der Waals surface area contributed by atoms with E-state index in [9.17, 15) is 46.5 Å². The lowest BCUT2D eigenvalue weighted by Gasteiger charge is -2.49. The number of hydrogen-bond acceptors (Lipinski definition) is 8. The number of carbonyl (C=O) groups excluding carboxylic acids is 2. The summed E-state index contributed by atoms with van der Waals surface area (Å²) in [6.45, 7) is 5.37. The van der Waals surface area contributed by atoms with Crippen molar-refractivity contribution in [2.45, 2.75) is 127 Å². The Morgan fingerprint density at radius 3 is 2.38 bits per heavy atom. The number of benzene rings is 1. The van der Waals surface area contributed by atoms with E-state index in [0.717, 1.165) is 42.2 Å². The summed E-state index contributed by atoms with van der Waals surface area (Å²) in [4.78, 5) is 47.0. The number of nitrogens with zero attached hydrogens (tertiary/aromatic N) is 3. The summed E-state index contributed by atoms with van der Waals surface area (Å²) in [7, 11) is 1.50. The predicted octanol–water partition coefficient (Wildman–Crippen LogP) is 9.27. The lowest BCUT2D eigenvalue weighted by Crippen LogP contribution is -2.67. The molecule has 4 atom stereocenters. The molecule has 1 aromatic carbocycles. The average molecular weight is 838 g/mol. The Hall–Kier alpha value is -4.31. The van der Waals surface area contributed by atoms with Crippen molar-refractivity contribution in [2.24, 2.45) is 5.41 Å². The van der Waals surface area contributed by atoms with Gasteiger partial charge >= 0.3 is 12.1 Å². The molecule has 16 heteroatoms. The van der Waals surface area contributed by atoms with Crippen LogP contribution in [0.1, 0.15) is 124 Å². The molecule has 0 spiro atoms. The van der Waals surface area contributed by atoms with Gasteiger partial charge in [-0.3, -0.25) is 19.4 Å². The number of carbonyl (C=O) groups is 3. The minimum atomic E-state index is -4.89. The lowest BCUT2D eigenvalue weighted by molar-refractivity contribution is -0.158. The van der Waals surface area contributed by atoms with Crippen LogP contribution in [-0.4, -0.2) is 80.7 Å². The molecule has 0 radical (unpaired) electrons. The van der Waals surface area contributed by atoms with Gasteiger partial charge in [-0.05, 0) is 82.6 Å². The van der Waals surface area contributed by atoms with Gasteiger partial charge in [0.2, 0.25) is 5.60 Å². The van der Waals surface area contributed by atoms with E-state index in [-0.39, 0.29) is 61.9 Å².